The number of aliphatic hydroxyl groups excluding tert-OH is 4. The van der Waals surface area contributed by atoms with Crippen molar-refractivity contribution in [2.75, 3.05) is 26.4 Å². The topological polar surface area (TPSA) is 135 Å². The fourth-order valence-corrected chi connectivity index (χ4v) is 7.26. The van der Waals surface area contributed by atoms with Crippen molar-refractivity contribution in [3.05, 3.63) is 36.5 Å². The van der Waals surface area contributed by atoms with Crippen molar-refractivity contribution in [2.45, 2.75) is 243 Å². The number of hydrogen-bond donors (Lipinski definition) is 4. The molecule has 6 atom stereocenters. The molecule has 1 aliphatic heterocycles. The molecule has 1 aliphatic rings. The molecule has 9 heteroatoms. The van der Waals surface area contributed by atoms with Gasteiger partial charge in [0, 0.05) is 13.0 Å². The van der Waals surface area contributed by atoms with Gasteiger partial charge in [-0.1, -0.05) is 185 Å². The Morgan fingerprint density at radius 1 is 0.552 bits per heavy atom. The van der Waals surface area contributed by atoms with E-state index in [2.05, 4.69) is 50.3 Å². The summed E-state index contributed by atoms with van der Waals surface area (Å²) in [7, 11) is 0. The minimum Gasteiger partial charge on any atom is -0.457 e. The third-order valence-electron chi connectivity index (χ3n) is 11.1. The largest absolute Gasteiger partial charge is 0.457 e. The van der Waals surface area contributed by atoms with Crippen LogP contribution in [0.2, 0.25) is 0 Å². The molecule has 0 amide bonds. The van der Waals surface area contributed by atoms with Gasteiger partial charge in [-0.15, -0.1) is 0 Å². The second-order valence-electron chi connectivity index (χ2n) is 16.6. The summed E-state index contributed by atoms with van der Waals surface area (Å²) in [6.45, 7) is 4.53. The molecule has 0 radical (unpaired) electrons. The van der Waals surface area contributed by atoms with Gasteiger partial charge < -0.3 is 39.4 Å². The lowest BCUT2D eigenvalue weighted by atomic mass is 9.99. The Balaban J connectivity index is 2.14. The molecule has 1 rings (SSSR count). The number of carbonyl (C=O) groups excluding carboxylic acids is 1. The molecule has 6 unspecified atom stereocenters. The fraction of sp³-hybridized carbons (Fsp3) is 0.857. The van der Waals surface area contributed by atoms with Crippen molar-refractivity contribution in [1.82, 2.24) is 0 Å². The third-order valence-corrected chi connectivity index (χ3v) is 11.1. The molecule has 0 aromatic rings. The van der Waals surface area contributed by atoms with Gasteiger partial charge in [0.2, 0.25) is 0 Å². The lowest BCUT2D eigenvalue weighted by Crippen LogP contribution is -2.59. The molecule has 9 nitrogen and oxygen atoms in total. The zero-order valence-corrected chi connectivity index (χ0v) is 37.3. The molecule has 0 aromatic carbocycles. The van der Waals surface area contributed by atoms with Gasteiger partial charge in [-0.25, -0.2) is 0 Å². The normalized spacial score (nSPS) is 20.6. The van der Waals surface area contributed by atoms with Crippen LogP contribution in [0.4, 0.5) is 0 Å². The summed E-state index contributed by atoms with van der Waals surface area (Å²) in [6, 6.07) is 0. The van der Waals surface area contributed by atoms with Gasteiger partial charge in [-0.2, -0.15) is 0 Å². The van der Waals surface area contributed by atoms with Crippen LogP contribution in [0.25, 0.3) is 0 Å². The Morgan fingerprint density at radius 2 is 1.00 bits per heavy atom. The number of aliphatic hydroxyl groups is 4. The van der Waals surface area contributed by atoms with Gasteiger partial charge in [-0.05, 0) is 51.4 Å². The second-order valence-corrected chi connectivity index (χ2v) is 16.6. The predicted octanol–water partition coefficient (Wildman–Crippen LogP) is 11.1. The highest BCUT2D eigenvalue weighted by Crippen LogP contribution is 2.23. The quantitative estimate of drug-likeness (QED) is 0.0270. The molecule has 1 saturated heterocycles. The van der Waals surface area contributed by atoms with Gasteiger partial charge in [0.05, 0.1) is 19.8 Å². The zero-order valence-electron chi connectivity index (χ0n) is 37.3. The van der Waals surface area contributed by atoms with Crippen molar-refractivity contribution in [2.24, 2.45) is 0 Å². The fourth-order valence-electron chi connectivity index (χ4n) is 7.26. The molecule has 0 saturated carbocycles. The molecular formula is C49H90O9. The van der Waals surface area contributed by atoms with Crippen molar-refractivity contribution >= 4 is 5.97 Å². The molecule has 58 heavy (non-hydrogen) atoms. The van der Waals surface area contributed by atoms with E-state index in [1.165, 1.54) is 141 Å². The van der Waals surface area contributed by atoms with E-state index >= 15 is 0 Å². The van der Waals surface area contributed by atoms with Crippen LogP contribution in [0.5, 0.6) is 0 Å². The van der Waals surface area contributed by atoms with Gasteiger partial charge >= 0.3 is 5.97 Å². The van der Waals surface area contributed by atoms with E-state index in [9.17, 15) is 25.2 Å². The van der Waals surface area contributed by atoms with Gasteiger partial charge in [-0.3, -0.25) is 4.79 Å². The second kappa shape index (κ2) is 40.8. The molecular weight excluding hydrogens is 733 g/mol. The maximum atomic E-state index is 12.7. The average molecular weight is 823 g/mol. The maximum Gasteiger partial charge on any atom is 0.306 e. The molecule has 1 heterocycles. The van der Waals surface area contributed by atoms with Crippen LogP contribution in [0.3, 0.4) is 0 Å². The van der Waals surface area contributed by atoms with E-state index in [-0.39, 0.29) is 19.2 Å². The Hall–Kier alpha value is -1.59. The van der Waals surface area contributed by atoms with Crippen LogP contribution in [-0.2, 0) is 23.7 Å². The molecule has 0 aromatic heterocycles. The molecule has 0 spiro atoms. The highest BCUT2D eigenvalue weighted by molar-refractivity contribution is 5.69. The van der Waals surface area contributed by atoms with Crippen molar-refractivity contribution in [1.29, 1.82) is 0 Å². The monoisotopic (exact) mass is 823 g/mol. The van der Waals surface area contributed by atoms with Crippen molar-refractivity contribution in [3.8, 4) is 0 Å². The maximum absolute atomic E-state index is 12.7. The number of carbonyl (C=O) groups is 1. The highest BCUT2D eigenvalue weighted by Gasteiger charge is 2.44. The van der Waals surface area contributed by atoms with E-state index in [0.29, 0.717) is 13.0 Å². The molecule has 1 fully saturated rings. The first-order valence-corrected chi connectivity index (χ1v) is 24.1. The molecule has 0 bridgehead atoms. The lowest BCUT2D eigenvalue weighted by molar-refractivity contribution is -0.305. The van der Waals surface area contributed by atoms with Crippen molar-refractivity contribution in [3.63, 3.8) is 0 Å². The smallest absolute Gasteiger partial charge is 0.306 e. The SMILES string of the molecule is CCCCCCC/C=C\C/C=C\C/C=C\CCCCCCCCCCCCCOCC(COC1OC(CO)C(O)C(O)C1O)OC(=O)CCCCCCCCCCC. The summed E-state index contributed by atoms with van der Waals surface area (Å²) < 4.78 is 22.8. The van der Waals surface area contributed by atoms with Crippen LogP contribution >= 0.6 is 0 Å². The number of rotatable bonds is 41. The van der Waals surface area contributed by atoms with E-state index in [0.717, 1.165) is 44.9 Å². The predicted molar refractivity (Wildman–Crippen MR) is 238 cm³/mol. The summed E-state index contributed by atoms with van der Waals surface area (Å²) in [5.74, 6) is -0.317. The van der Waals surface area contributed by atoms with E-state index in [4.69, 9.17) is 18.9 Å². The summed E-state index contributed by atoms with van der Waals surface area (Å²) in [6.07, 6.45) is 41.9. The summed E-state index contributed by atoms with van der Waals surface area (Å²) in [5, 5.41) is 40.1. The first-order chi connectivity index (χ1) is 28.4. The number of ether oxygens (including phenoxy) is 4. The highest BCUT2D eigenvalue weighted by atomic mass is 16.7. The zero-order chi connectivity index (χ0) is 42.2. The number of hydrogen-bond acceptors (Lipinski definition) is 9. The van der Waals surface area contributed by atoms with E-state index in [1.54, 1.807) is 0 Å². The van der Waals surface area contributed by atoms with Crippen LogP contribution in [0.15, 0.2) is 36.5 Å². The minimum atomic E-state index is -1.53. The Kier molecular flexibility index (Phi) is 38.3. The standard InChI is InChI=1S/C49H90O9/c1-3-5-7-9-11-13-14-15-16-17-18-19-20-21-22-23-24-25-26-27-28-29-31-33-35-37-39-55-41-43(42-56-49-48(54)47(53)46(52)44(40-50)58-49)57-45(51)38-36-34-32-30-12-10-8-6-4-2/h14-15,17-18,20-21,43-44,46-50,52-54H,3-13,16,19,22-42H2,1-2H3/b15-14-,18-17-,21-20-. The summed E-state index contributed by atoms with van der Waals surface area (Å²) in [4.78, 5) is 12.7. The minimum absolute atomic E-state index is 0.112. The summed E-state index contributed by atoms with van der Waals surface area (Å²) >= 11 is 0. The Labute approximate surface area is 355 Å². The van der Waals surface area contributed by atoms with E-state index in [1.807, 2.05) is 0 Å². The third kappa shape index (κ3) is 31.3. The van der Waals surface area contributed by atoms with Crippen LogP contribution in [0.1, 0.15) is 206 Å². The van der Waals surface area contributed by atoms with Crippen LogP contribution in [-0.4, -0.2) is 89.6 Å². The first-order valence-electron chi connectivity index (χ1n) is 24.1. The van der Waals surface area contributed by atoms with Crippen LogP contribution in [0, 0.1) is 0 Å². The average Bonchev–Trinajstić information content (AvgIpc) is 3.22. The Morgan fingerprint density at radius 3 is 1.50 bits per heavy atom. The number of esters is 1. The van der Waals surface area contributed by atoms with Crippen molar-refractivity contribution < 1.29 is 44.2 Å². The summed E-state index contributed by atoms with van der Waals surface area (Å²) in [5.41, 5.74) is 0. The number of allylic oxidation sites excluding steroid dienone is 6. The van der Waals surface area contributed by atoms with Gasteiger partial charge in [0.1, 0.15) is 30.5 Å². The van der Waals surface area contributed by atoms with E-state index < -0.39 is 43.4 Å². The lowest BCUT2D eigenvalue weighted by Gasteiger charge is -2.39. The molecule has 0 aliphatic carbocycles. The first kappa shape index (κ1) is 54.4. The number of unbranched alkanes of at least 4 members (excludes halogenated alkanes) is 24. The van der Waals surface area contributed by atoms with Gasteiger partial charge in [0.25, 0.3) is 0 Å². The molecule has 340 valence electrons. The Bertz CT molecular complexity index is 983. The van der Waals surface area contributed by atoms with Crippen LogP contribution < -0.4 is 0 Å². The molecule has 4 N–H and O–H groups in total. The van der Waals surface area contributed by atoms with Gasteiger partial charge in [0.15, 0.2) is 6.29 Å².